The number of benzene rings is 1. The van der Waals surface area contributed by atoms with Crippen LogP contribution in [0.2, 0.25) is 0 Å². The van der Waals surface area contributed by atoms with E-state index in [2.05, 4.69) is 106 Å². The zero-order valence-electron chi connectivity index (χ0n) is 27.6. The van der Waals surface area contributed by atoms with Gasteiger partial charge in [0.25, 0.3) is 0 Å². The summed E-state index contributed by atoms with van der Waals surface area (Å²) >= 11 is 0. The number of hydrogen-bond acceptors (Lipinski definition) is 4. The molecule has 2 rings (SSSR count). The second-order valence-corrected chi connectivity index (χ2v) is 12.2. The molecule has 0 aliphatic carbocycles. The molecule has 0 fully saturated rings. The molecule has 0 spiro atoms. The number of nitrogens with one attached hydrogen (secondary N) is 1. The molecule has 0 saturated carbocycles. The fourth-order valence-electron chi connectivity index (χ4n) is 4.96. The lowest BCUT2D eigenvalue weighted by atomic mass is 9.99. The highest BCUT2D eigenvalue weighted by molar-refractivity contribution is 5.71. The number of hydrogen-bond donors (Lipinski definition) is 1. The van der Waals surface area contributed by atoms with E-state index >= 15 is 0 Å². The molecule has 4 nitrogen and oxygen atoms in total. The van der Waals surface area contributed by atoms with Crippen molar-refractivity contribution in [1.29, 1.82) is 5.26 Å². The molecule has 0 aliphatic rings. The molecular formula is C38H54N4. The Labute approximate surface area is 257 Å². The van der Waals surface area contributed by atoms with Gasteiger partial charge in [-0.2, -0.15) is 5.26 Å². The summed E-state index contributed by atoms with van der Waals surface area (Å²) in [6.07, 6.45) is 17.4. The van der Waals surface area contributed by atoms with E-state index in [9.17, 15) is 5.26 Å². The molecule has 0 radical (unpaired) electrons. The molecule has 0 bridgehead atoms. The van der Waals surface area contributed by atoms with Gasteiger partial charge in [-0.05, 0) is 130 Å². The summed E-state index contributed by atoms with van der Waals surface area (Å²) in [5.41, 5.74) is 9.08. The smallest absolute Gasteiger partial charge is 0.0969 e. The first-order chi connectivity index (χ1) is 20.1. The molecular weight excluding hydrogens is 512 g/mol. The van der Waals surface area contributed by atoms with Crippen LogP contribution in [0.25, 0.3) is 12.2 Å². The number of aromatic nitrogens is 1. The van der Waals surface area contributed by atoms with Gasteiger partial charge in [0, 0.05) is 18.1 Å². The number of nitriles is 1. The Kier molecular flexibility index (Phi) is 15.1. The van der Waals surface area contributed by atoms with Gasteiger partial charge in [0.15, 0.2) is 0 Å². The third kappa shape index (κ3) is 11.5. The summed E-state index contributed by atoms with van der Waals surface area (Å²) in [7, 11) is 0. The Bertz CT molecular complexity index is 1270. The molecule has 0 atom stereocenters. The average molecular weight is 567 g/mol. The summed E-state index contributed by atoms with van der Waals surface area (Å²) in [5.74, 6) is 1.47. The molecule has 0 unspecified atom stereocenters. The van der Waals surface area contributed by atoms with Gasteiger partial charge in [-0.25, -0.2) is 0 Å². The van der Waals surface area contributed by atoms with E-state index in [1.807, 2.05) is 32.3 Å². The minimum Gasteiger partial charge on any atom is -0.354 e. The average Bonchev–Trinajstić information content (AvgIpc) is 2.96. The van der Waals surface area contributed by atoms with Gasteiger partial charge in [0.1, 0.15) is 0 Å². The van der Waals surface area contributed by atoms with Crippen molar-refractivity contribution in [3.8, 4) is 6.07 Å². The molecule has 0 saturated heterocycles. The maximum absolute atomic E-state index is 9.90. The van der Waals surface area contributed by atoms with Crippen molar-refractivity contribution in [2.75, 3.05) is 25.0 Å². The lowest BCUT2D eigenvalue weighted by Gasteiger charge is -2.24. The summed E-state index contributed by atoms with van der Waals surface area (Å²) < 4.78 is 0. The largest absolute Gasteiger partial charge is 0.354 e. The zero-order chi connectivity index (χ0) is 31.1. The van der Waals surface area contributed by atoms with Crippen LogP contribution >= 0.6 is 0 Å². The molecule has 2 aromatic rings. The highest BCUT2D eigenvalue weighted by Gasteiger charge is 2.12. The quantitative estimate of drug-likeness (QED) is 0.153. The third-order valence-electron chi connectivity index (χ3n) is 7.72. The predicted octanol–water partition coefficient (Wildman–Crippen LogP) is 9.93. The lowest BCUT2D eigenvalue weighted by Crippen LogP contribution is -2.29. The number of aryl methyl sites for hydroxylation is 2. The van der Waals surface area contributed by atoms with Crippen molar-refractivity contribution >= 4 is 17.8 Å². The van der Waals surface area contributed by atoms with Gasteiger partial charge in [-0.1, -0.05) is 71.6 Å². The standard InChI is InChI=1S/C38H54N4/c1-10-13-36-30(7)16-18-37(32(36)9)41-38(35(11-2)25-39)31(8)15-17-34-24-33(26-40-27-34)14-12-21-42(22-19-28(3)4)23-20-29(5)6/h10,13,15-18,24,26-29,41H,8,11-12,14,19-23H2,1-7,9H3/b13-10-,17-15+,38-35-. The second kappa shape index (κ2) is 18.2. The topological polar surface area (TPSA) is 52.0 Å². The summed E-state index contributed by atoms with van der Waals surface area (Å²) in [6.45, 7) is 25.3. The third-order valence-corrected chi connectivity index (χ3v) is 7.72. The monoisotopic (exact) mass is 566 g/mol. The van der Waals surface area contributed by atoms with Crippen molar-refractivity contribution in [3.63, 3.8) is 0 Å². The van der Waals surface area contributed by atoms with Crippen molar-refractivity contribution in [1.82, 2.24) is 9.88 Å². The van der Waals surface area contributed by atoms with Gasteiger partial charge >= 0.3 is 0 Å². The lowest BCUT2D eigenvalue weighted by molar-refractivity contribution is 0.241. The van der Waals surface area contributed by atoms with E-state index in [4.69, 9.17) is 0 Å². The van der Waals surface area contributed by atoms with Crippen molar-refractivity contribution in [2.24, 2.45) is 11.8 Å². The van der Waals surface area contributed by atoms with Gasteiger partial charge in [0.05, 0.1) is 17.3 Å². The van der Waals surface area contributed by atoms with Crippen molar-refractivity contribution in [2.45, 2.75) is 87.5 Å². The normalized spacial score (nSPS) is 12.5. The fourth-order valence-corrected chi connectivity index (χ4v) is 4.96. The Morgan fingerprint density at radius 3 is 2.33 bits per heavy atom. The molecule has 1 aromatic heterocycles. The predicted molar refractivity (Wildman–Crippen MR) is 183 cm³/mol. The number of allylic oxidation sites excluding steroid dienone is 3. The van der Waals surface area contributed by atoms with Crippen LogP contribution in [-0.2, 0) is 6.42 Å². The Morgan fingerprint density at radius 1 is 1.05 bits per heavy atom. The van der Waals surface area contributed by atoms with Crippen LogP contribution in [0, 0.1) is 37.0 Å². The Morgan fingerprint density at radius 2 is 1.74 bits per heavy atom. The first-order valence-corrected chi connectivity index (χ1v) is 15.8. The van der Waals surface area contributed by atoms with Crippen LogP contribution < -0.4 is 5.32 Å². The Hall–Kier alpha value is -3.42. The Balaban J connectivity index is 2.15. The molecule has 226 valence electrons. The second-order valence-electron chi connectivity index (χ2n) is 12.2. The maximum atomic E-state index is 9.90. The zero-order valence-corrected chi connectivity index (χ0v) is 27.6. The molecule has 0 aliphatic heterocycles. The van der Waals surface area contributed by atoms with E-state index < -0.39 is 0 Å². The van der Waals surface area contributed by atoms with Crippen LogP contribution in [0.5, 0.6) is 0 Å². The minimum absolute atomic E-state index is 0.626. The molecule has 4 heteroatoms. The molecule has 1 heterocycles. The first kappa shape index (κ1) is 34.8. The van der Waals surface area contributed by atoms with Gasteiger partial charge < -0.3 is 10.2 Å². The number of pyridine rings is 1. The summed E-state index contributed by atoms with van der Waals surface area (Å²) in [6, 6.07) is 8.80. The first-order valence-electron chi connectivity index (χ1n) is 15.8. The fraction of sp³-hybridized carbons (Fsp3) is 0.474. The van der Waals surface area contributed by atoms with E-state index in [0.29, 0.717) is 12.0 Å². The molecule has 1 aromatic carbocycles. The highest BCUT2D eigenvalue weighted by atomic mass is 15.1. The molecule has 0 amide bonds. The van der Waals surface area contributed by atoms with Gasteiger partial charge in [-0.3, -0.25) is 4.98 Å². The number of nitrogens with zero attached hydrogens (tertiary/aromatic N) is 3. The van der Waals surface area contributed by atoms with E-state index in [1.54, 1.807) is 0 Å². The van der Waals surface area contributed by atoms with Crippen LogP contribution in [0.1, 0.15) is 95.0 Å². The van der Waals surface area contributed by atoms with Crippen molar-refractivity contribution in [3.05, 3.63) is 94.0 Å². The summed E-state index contributed by atoms with van der Waals surface area (Å²) in [5, 5.41) is 13.4. The van der Waals surface area contributed by atoms with Gasteiger partial charge in [-0.15, -0.1) is 0 Å². The van der Waals surface area contributed by atoms with Crippen LogP contribution in [0.3, 0.4) is 0 Å². The van der Waals surface area contributed by atoms with Crippen LogP contribution in [0.15, 0.2) is 66.2 Å². The van der Waals surface area contributed by atoms with E-state index in [-0.39, 0.29) is 0 Å². The number of anilines is 1. The van der Waals surface area contributed by atoms with Crippen molar-refractivity contribution < 1.29 is 0 Å². The molecule has 42 heavy (non-hydrogen) atoms. The minimum atomic E-state index is 0.626. The molecule has 1 N–H and O–H groups in total. The van der Waals surface area contributed by atoms with E-state index in [1.165, 1.54) is 42.6 Å². The SMILES string of the molecule is C=C(/C=C/c1cncc(CCCN(CCC(C)C)CCC(C)C)c1)/C(Nc1ccc(C)c(/C=C\C)c1C)=C(/C#N)CC. The maximum Gasteiger partial charge on any atom is 0.0969 e. The van der Waals surface area contributed by atoms with Crippen LogP contribution in [-0.4, -0.2) is 29.5 Å². The van der Waals surface area contributed by atoms with E-state index in [0.717, 1.165) is 59.3 Å². The van der Waals surface area contributed by atoms with Crippen LogP contribution in [0.4, 0.5) is 5.69 Å². The number of rotatable bonds is 17. The highest BCUT2D eigenvalue weighted by Crippen LogP contribution is 2.28. The van der Waals surface area contributed by atoms with Gasteiger partial charge in [0.2, 0.25) is 0 Å². The summed E-state index contributed by atoms with van der Waals surface area (Å²) in [4.78, 5) is 7.16.